The van der Waals surface area contributed by atoms with Crippen molar-refractivity contribution < 1.29 is 239 Å². The number of nitrogens with one attached hydrogen (secondary N) is 4. The zero-order valence-electron chi connectivity index (χ0n) is 69.6. The van der Waals surface area contributed by atoms with Crippen LogP contribution in [0.15, 0.2) is 0 Å². The maximum absolute atomic E-state index is 12.6. The Labute approximate surface area is 719 Å². The summed E-state index contributed by atoms with van der Waals surface area (Å²) >= 11 is 0. The van der Waals surface area contributed by atoms with Crippen LogP contribution in [0.5, 0.6) is 0 Å². The number of carbonyl (C=O) groups excluding carboxylic acids is 4. The number of nitrogens with zero attached hydrogens (tertiary/aromatic N) is 2. The summed E-state index contributed by atoms with van der Waals surface area (Å²) in [4.78, 5) is 52.0. The number of aliphatic hydroxyl groups excluding tert-OH is 32. The number of rotatable bonds is 81. The lowest BCUT2D eigenvalue weighted by Crippen LogP contribution is -2.54. The molecule has 125 heavy (non-hydrogen) atoms. The Kier molecular flexibility index (Phi) is 69.0. The minimum Gasteiger partial charge on any atom is -0.447 e. The molecule has 0 radical (unpaired) electrons. The van der Waals surface area contributed by atoms with Gasteiger partial charge in [-0.25, -0.2) is 9.59 Å². The molecular formula is C71H142N6O48. The van der Waals surface area contributed by atoms with E-state index in [-0.39, 0.29) is 165 Å². The molecule has 36 N–H and O–H groups in total. The predicted molar refractivity (Wildman–Crippen MR) is 416 cm³/mol. The van der Waals surface area contributed by atoms with Gasteiger partial charge in [0.1, 0.15) is 148 Å². The van der Waals surface area contributed by atoms with Crippen molar-refractivity contribution in [1.29, 1.82) is 0 Å². The molecule has 54 heteroatoms. The molecule has 0 aliphatic carbocycles. The highest BCUT2D eigenvalue weighted by molar-refractivity contribution is 5.85. The standard InChI is InChI=1S/C71H142N6O48/c1-39(69(111)75-8-41(83)18-115-20-43(85)22-117-24-45(87)26-119-28-47(89)30-121-32-49(91)34-123-36-51(93)38-125-71(113)73-3-5-77(11-54(96)63(105)67(109)58(100)15-80)12-55(97)64(106)68(110)59(101)16-81)6-60(102)74-7-40(82)17-114-19-42(84)21-116-23-44(86)25-118-27-46(88)29-120-31-48(90)33-122-35-50(92)37-124-70(112)72-2-4-76(9-52(94)61(103)65(107)56(98)13-78)10-53(95)62(104)66(108)57(99)14-79/h39-59,61-68,78-101,103-110H,2-38H2,1H3,(H,72,112)(H,73,113)(H,74,102)(H,75,111)/t39-,40?,41?,42?,43?,44?,45?,46?,47?,48?,49?,50?,51?,52+,53+,54+,55+,56-,57-,58-,59-,61-,62-,63-,64-,65-,66-,67-,68-/m1/s1. The van der Waals surface area contributed by atoms with Crippen LogP contribution >= 0.6 is 0 Å². The Balaban J connectivity index is 4.27. The number of alkyl carbamates (subject to hydrolysis) is 2. The van der Waals surface area contributed by atoms with Crippen molar-refractivity contribution in [3.63, 3.8) is 0 Å². The third-order valence-electron chi connectivity index (χ3n) is 17.5. The van der Waals surface area contributed by atoms with Crippen molar-refractivity contribution in [2.24, 2.45) is 5.92 Å². The Bertz CT molecular complexity index is 2590. The second-order valence-corrected chi connectivity index (χ2v) is 29.6. The monoisotopic (exact) mass is 1850 g/mol. The van der Waals surface area contributed by atoms with Gasteiger partial charge in [-0.1, -0.05) is 6.92 Å². The molecule has 0 aromatic heterocycles. The molecule has 0 saturated heterocycles. The Morgan fingerprint density at radius 1 is 0.248 bits per heavy atom. The largest absolute Gasteiger partial charge is 0.447 e. The van der Waals surface area contributed by atoms with Gasteiger partial charge in [0.25, 0.3) is 0 Å². The second-order valence-electron chi connectivity index (χ2n) is 29.6. The average molecular weight is 1850 g/mol. The molecule has 0 aliphatic heterocycles. The minimum atomic E-state index is -2.03. The van der Waals surface area contributed by atoms with Crippen molar-refractivity contribution >= 4 is 24.0 Å². The van der Waals surface area contributed by atoms with Crippen molar-refractivity contribution in [3.05, 3.63) is 0 Å². The van der Waals surface area contributed by atoms with E-state index in [9.17, 15) is 162 Å². The van der Waals surface area contributed by atoms with Crippen LogP contribution in [0.25, 0.3) is 0 Å². The van der Waals surface area contributed by atoms with Crippen LogP contribution in [-0.2, 0) is 66.4 Å². The van der Waals surface area contributed by atoms with E-state index in [0.29, 0.717) is 0 Å². The Morgan fingerprint density at radius 3 is 0.640 bits per heavy atom. The zero-order valence-corrected chi connectivity index (χ0v) is 69.6. The molecule has 0 saturated carbocycles. The molecule has 0 spiro atoms. The fraction of sp³-hybridized carbons (Fsp3) is 0.944. The lowest BCUT2D eigenvalue weighted by molar-refractivity contribution is -0.130. The van der Waals surface area contributed by atoms with Crippen LogP contribution in [0, 0.1) is 5.92 Å². The van der Waals surface area contributed by atoms with Crippen LogP contribution in [0.3, 0.4) is 0 Å². The number of ether oxygens (including phenoxy) is 12. The Morgan fingerprint density at radius 2 is 0.432 bits per heavy atom. The van der Waals surface area contributed by atoms with Crippen LogP contribution in [0.4, 0.5) is 9.59 Å². The van der Waals surface area contributed by atoms with E-state index in [1.807, 2.05) is 0 Å². The first-order chi connectivity index (χ1) is 59.0. The quantitative estimate of drug-likeness (QED) is 0.0269. The van der Waals surface area contributed by atoms with Crippen LogP contribution < -0.4 is 21.3 Å². The first-order valence-corrected chi connectivity index (χ1v) is 40.1. The highest BCUT2D eigenvalue weighted by Crippen LogP contribution is 2.15. The predicted octanol–water partition coefficient (Wildman–Crippen LogP) is -21.5. The van der Waals surface area contributed by atoms with Gasteiger partial charge in [-0.05, 0) is 0 Å². The van der Waals surface area contributed by atoms with Gasteiger partial charge in [-0.3, -0.25) is 19.4 Å². The Hall–Kier alpha value is -4.28. The van der Waals surface area contributed by atoms with Gasteiger partial charge in [-0.15, -0.1) is 0 Å². The minimum absolute atomic E-state index is 0.273. The van der Waals surface area contributed by atoms with E-state index in [1.165, 1.54) is 6.92 Å². The van der Waals surface area contributed by atoms with Gasteiger partial charge in [0, 0.05) is 77.8 Å². The molecule has 54 nitrogen and oxygen atoms in total. The molecule has 0 fully saturated rings. The smallest absolute Gasteiger partial charge is 0.407 e. The molecule has 0 bridgehead atoms. The average Bonchev–Trinajstić information content (AvgIpc) is 0.865. The molecule has 0 rings (SSSR count). The lowest BCUT2D eigenvalue weighted by atomic mass is 10.0. The van der Waals surface area contributed by atoms with Gasteiger partial charge in [0.2, 0.25) is 11.8 Å². The van der Waals surface area contributed by atoms with E-state index in [0.717, 1.165) is 9.80 Å². The molecule has 12 unspecified atom stereocenters. The van der Waals surface area contributed by atoms with Gasteiger partial charge in [0.05, 0.1) is 195 Å². The van der Waals surface area contributed by atoms with E-state index >= 15 is 0 Å². The van der Waals surface area contributed by atoms with Crippen LogP contribution in [0.2, 0.25) is 0 Å². The lowest BCUT2D eigenvalue weighted by Gasteiger charge is -2.33. The van der Waals surface area contributed by atoms with Crippen LogP contribution in [0.1, 0.15) is 13.3 Å². The fourth-order valence-electron chi connectivity index (χ4n) is 10.4. The number of aliphatic hydroxyl groups is 32. The van der Waals surface area contributed by atoms with Gasteiger partial charge in [0.15, 0.2) is 0 Å². The first kappa shape index (κ1) is 121. The van der Waals surface area contributed by atoms with Gasteiger partial charge >= 0.3 is 12.2 Å². The summed E-state index contributed by atoms with van der Waals surface area (Å²) in [6, 6.07) is 0. The van der Waals surface area contributed by atoms with Gasteiger partial charge in [-0.2, -0.15) is 0 Å². The summed E-state index contributed by atoms with van der Waals surface area (Å²) in [5, 5.41) is 329. The molecule has 0 aromatic rings. The maximum atomic E-state index is 12.6. The molecule has 0 aromatic carbocycles. The molecule has 4 amide bonds. The second kappa shape index (κ2) is 71.4. The number of hydrogen-bond acceptors (Lipinski definition) is 50. The van der Waals surface area contributed by atoms with Crippen molar-refractivity contribution in [2.75, 3.05) is 237 Å². The zero-order chi connectivity index (χ0) is 94.7. The first-order valence-electron chi connectivity index (χ1n) is 40.1. The third kappa shape index (κ3) is 59.0. The summed E-state index contributed by atoms with van der Waals surface area (Å²) < 4.78 is 62.3. The summed E-state index contributed by atoms with van der Waals surface area (Å²) in [6.07, 6.45) is -48.4. The topological polar surface area (TPSA) is 881 Å². The molecule has 0 heterocycles. The van der Waals surface area contributed by atoms with E-state index < -0.39 is 280 Å². The molecule has 0 aliphatic rings. The number of amides is 4. The van der Waals surface area contributed by atoms with Crippen molar-refractivity contribution in [1.82, 2.24) is 31.1 Å². The normalized spacial score (nSPS) is 19.3. The van der Waals surface area contributed by atoms with Gasteiger partial charge < -0.3 is 242 Å². The summed E-state index contributed by atoms with van der Waals surface area (Å²) in [5.74, 6) is -2.08. The highest BCUT2D eigenvalue weighted by atomic mass is 16.6. The van der Waals surface area contributed by atoms with E-state index in [1.54, 1.807) is 0 Å². The molecular weight excluding hydrogens is 1700 g/mol. The summed E-state index contributed by atoms with van der Waals surface area (Å²) in [6.45, 7) is -14.4. The number of hydrogen-bond donors (Lipinski definition) is 36. The highest BCUT2D eigenvalue weighted by Gasteiger charge is 2.37. The van der Waals surface area contributed by atoms with E-state index in [2.05, 4.69) is 21.3 Å². The number of carbonyl (C=O) groups is 4. The summed E-state index contributed by atoms with van der Waals surface area (Å²) in [7, 11) is 0. The van der Waals surface area contributed by atoms with Crippen LogP contribution in [-0.4, -0.2) is 605 Å². The summed E-state index contributed by atoms with van der Waals surface area (Å²) in [5.41, 5.74) is 0. The fourth-order valence-corrected chi connectivity index (χ4v) is 10.4. The molecule has 744 valence electrons. The SMILES string of the molecule is C[C@H](CC(=O)NCC(O)COCC(O)COCC(O)COCC(O)COCC(O)COCC(O)COC(=O)NCCN(C[C@H](O)[C@@H](O)[C@H](O)[C@H](O)CO)C[C@H](O)[C@@H](O)[C@H](O)[C@H](O)CO)C(=O)NCC(O)COCC(O)COCC(O)COCC(O)COCC(O)COCC(O)COC(=O)NCCN(C[C@H](O)[C@@H](O)[C@H](O)[C@H](O)CO)C[C@H](O)[C@@H](O)[C@H](O)[C@H](O)CO. The van der Waals surface area contributed by atoms with Crippen molar-refractivity contribution in [2.45, 2.75) is 184 Å². The van der Waals surface area contributed by atoms with Crippen molar-refractivity contribution in [3.8, 4) is 0 Å². The van der Waals surface area contributed by atoms with E-state index in [4.69, 9.17) is 77.3 Å². The molecule has 29 atom stereocenters. The maximum Gasteiger partial charge on any atom is 0.407 e. The third-order valence-corrected chi connectivity index (χ3v) is 17.5.